The van der Waals surface area contributed by atoms with Crippen LogP contribution >= 0.6 is 0 Å². The largest absolute Gasteiger partial charge is 0.475 e. The number of methoxy groups -OCH3 is 1. The zero-order valence-electron chi connectivity index (χ0n) is 18.8. The highest BCUT2D eigenvalue weighted by Crippen LogP contribution is 2.32. The van der Waals surface area contributed by atoms with Gasteiger partial charge in [-0.1, -0.05) is 27.7 Å². The van der Waals surface area contributed by atoms with Gasteiger partial charge in [0.25, 0.3) is 0 Å². The van der Waals surface area contributed by atoms with E-state index < -0.39 is 33.0 Å². The van der Waals surface area contributed by atoms with Crippen molar-refractivity contribution < 1.29 is 31.5 Å². The van der Waals surface area contributed by atoms with Crippen molar-refractivity contribution in [2.75, 3.05) is 19.5 Å². The second-order valence-corrected chi connectivity index (χ2v) is 10.5. The Bertz CT molecular complexity index is 1130. The fourth-order valence-electron chi connectivity index (χ4n) is 3.89. The first-order chi connectivity index (χ1) is 14.9. The van der Waals surface area contributed by atoms with Crippen LogP contribution in [0.4, 0.5) is 8.78 Å². The Kier molecular flexibility index (Phi) is 7.04. The molecule has 0 saturated carbocycles. The fourth-order valence-corrected chi connectivity index (χ4v) is 5.07. The van der Waals surface area contributed by atoms with Crippen LogP contribution in [0.15, 0.2) is 17.2 Å². The predicted molar refractivity (Wildman–Crippen MR) is 114 cm³/mol. The lowest BCUT2D eigenvalue weighted by atomic mass is 9.85. The van der Waals surface area contributed by atoms with Crippen LogP contribution in [0.5, 0.6) is 5.88 Å². The van der Waals surface area contributed by atoms with Gasteiger partial charge in [-0.05, 0) is 34.6 Å². The van der Waals surface area contributed by atoms with E-state index in [4.69, 9.17) is 9.47 Å². The number of carbonyl (C=O) groups excluding carboxylic acids is 1. The summed E-state index contributed by atoms with van der Waals surface area (Å²) in [5.74, 6) is -3.66. The zero-order chi connectivity index (χ0) is 23.8. The summed E-state index contributed by atoms with van der Waals surface area (Å²) >= 11 is 0. The minimum atomic E-state index is -4.05. The molecular weight excluding hydrogens is 442 g/mol. The van der Waals surface area contributed by atoms with E-state index in [1.165, 1.54) is 17.9 Å². The first-order valence-electron chi connectivity index (χ1n) is 10.4. The van der Waals surface area contributed by atoms with Crippen LogP contribution in [0.2, 0.25) is 0 Å². The molecule has 1 aromatic heterocycles. The van der Waals surface area contributed by atoms with Crippen LogP contribution in [-0.2, 0) is 32.3 Å². The molecule has 32 heavy (non-hydrogen) atoms. The van der Waals surface area contributed by atoms with Crippen molar-refractivity contribution in [3.8, 4) is 5.88 Å². The standard InChI is InChI=1S/C22H28F2N2O5S/c1-12(2)16-7-18(23)22(24)21(13(3)4)17(16)6-14(27)11-32(28,29)19-8-20-26(25-19)9-15(30-5)10-31-20/h7-8,12-13,15H,6,9-11H2,1-5H3. The molecule has 0 bridgehead atoms. The Morgan fingerprint density at radius 2 is 1.94 bits per heavy atom. The monoisotopic (exact) mass is 470 g/mol. The fraction of sp³-hybridized carbons (Fsp3) is 0.545. The lowest BCUT2D eigenvalue weighted by Gasteiger charge is -2.22. The average molecular weight is 471 g/mol. The SMILES string of the molecule is COC1COc2cc(S(=O)(=O)CC(=O)Cc3c(C(C)C)cc(F)c(F)c3C(C)C)nn2C1. The summed E-state index contributed by atoms with van der Waals surface area (Å²) in [7, 11) is -2.53. The van der Waals surface area contributed by atoms with Gasteiger partial charge in [-0.3, -0.25) is 4.79 Å². The number of hydrogen-bond donors (Lipinski definition) is 0. The molecule has 0 aliphatic carbocycles. The van der Waals surface area contributed by atoms with Gasteiger partial charge in [0.15, 0.2) is 22.4 Å². The first-order valence-corrected chi connectivity index (χ1v) is 12.1. The molecular formula is C22H28F2N2O5S. The molecule has 0 fully saturated rings. The molecule has 0 N–H and O–H groups in total. The highest BCUT2D eigenvalue weighted by molar-refractivity contribution is 7.92. The van der Waals surface area contributed by atoms with Crippen LogP contribution in [0.1, 0.15) is 56.2 Å². The number of ketones is 1. The van der Waals surface area contributed by atoms with Crippen molar-refractivity contribution in [1.29, 1.82) is 0 Å². The number of halogens is 2. The van der Waals surface area contributed by atoms with Gasteiger partial charge in [0, 0.05) is 19.6 Å². The molecule has 0 radical (unpaired) electrons. The number of Topliss-reactive ketones (excluding diaryl/α,β-unsaturated/α-hetero) is 1. The smallest absolute Gasteiger partial charge is 0.213 e. The van der Waals surface area contributed by atoms with Gasteiger partial charge in [-0.25, -0.2) is 21.9 Å². The lowest BCUT2D eigenvalue weighted by Crippen LogP contribution is -2.31. The van der Waals surface area contributed by atoms with Crippen LogP contribution in [-0.4, -0.2) is 49.6 Å². The lowest BCUT2D eigenvalue weighted by molar-refractivity contribution is -0.116. The van der Waals surface area contributed by atoms with Gasteiger partial charge in [-0.2, -0.15) is 5.10 Å². The van der Waals surface area contributed by atoms with E-state index >= 15 is 0 Å². The molecule has 7 nitrogen and oxygen atoms in total. The normalized spacial score (nSPS) is 16.3. The summed E-state index contributed by atoms with van der Waals surface area (Å²) in [6.45, 7) is 7.63. The van der Waals surface area contributed by atoms with Gasteiger partial charge in [-0.15, -0.1) is 0 Å². The summed E-state index contributed by atoms with van der Waals surface area (Å²) in [6.07, 6.45) is -0.565. The maximum atomic E-state index is 14.6. The maximum Gasteiger partial charge on any atom is 0.213 e. The van der Waals surface area contributed by atoms with E-state index in [1.807, 2.05) is 13.8 Å². The molecule has 176 valence electrons. The Balaban J connectivity index is 1.88. The van der Waals surface area contributed by atoms with E-state index in [0.29, 0.717) is 17.7 Å². The maximum absolute atomic E-state index is 14.6. The number of rotatable bonds is 8. The van der Waals surface area contributed by atoms with Crippen molar-refractivity contribution in [1.82, 2.24) is 9.78 Å². The third-order valence-electron chi connectivity index (χ3n) is 5.49. The summed E-state index contributed by atoms with van der Waals surface area (Å²) in [5, 5.41) is 3.79. The van der Waals surface area contributed by atoms with E-state index in [0.717, 1.165) is 6.07 Å². The zero-order valence-corrected chi connectivity index (χ0v) is 19.6. The van der Waals surface area contributed by atoms with E-state index in [1.54, 1.807) is 13.8 Å². The predicted octanol–water partition coefficient (Wildman–Crippen LogP) is 3.40. The van der Waals surface area contributed by atoms with Crippen LogP contribution in [0, 0.1) is 11.6 Å². The van der Waals surface area contributed by atoms with Crippen molar-refractivity contribution in [3.05, 3.63) is 40.5 Å². The van der Waals surface area contributed by atoms with Crippen LogP contribution in [0.25, 0.3) is 0 Å². The van der Waals surface area contributed by atoms with Gasteiger partial charge >= 0.3 is 0 Å². The Labute approximate surface area is 186 Å². The number of fused-ring (bicyclic) bond motifs is 1. The Morgan fingerprint density at radius 1 is 1.25 bits per heavy atom. The third kappa shape index (κ3) is 4.85. The minimum absolute atomic E-state index is 0.107. The summed E-state index contributed by atoms with van der Waals surface area (Å²) < 4.78 is 66.4. The van der Waals surface area contributed by atoms with Crippen molar-refractivity contribution >= 4 is 15.6 Å². The molecule has 10 heteroatoms. The molecule has 1 aliphatic rings. The number of nitrogens with zero attached hydrogens (tertiary/aromatic N) is 2. The molecule has 1 aliphatic heterocycles. The number of ether oxygens (including phenoxy) is 2. The van der Waals surface area contributed by atoms with Gasteiger partial charge in [0.1, 0.15) is 18.5 Å². The van der Waals surface area contributed by atoms with E-state index in [-0.39, 0.29) is 47.4 Å². The second kappa shape index (κ2) is 9.27. The molecule has 0 amide bonds. The van der Waals surface area contributed by atoms with E-state index in [2.05, 4.69) is 5.10 Å². The minimum Gasteiger partial charge on any atom is -0.475 e. The van der Waals surface area contributed by atoms with E-state index in [9.17, 15) is 22.0 Å². The highest BCUT2D eigenvalue weighted by Gasteiger charge is 2.30. The van der Waals surface area contributed by atoms with Gasteiger partial charge in [0.05, 0.1) is 6.54 Å². The summed E-state index contributed by atoms with van der Waals surface area (Å²) in [6, 6.07) is 2.38. The summed E-state index contributed by atoms with van der Waals surface area (Å²) in [4.78, 5) is 12.8. The van der Waals surface area contributed by atoms with Crippen LogP contribution < -0.4 is 4.74 Å². The first kappa shape index (κ1) is 24.3. The number of carbonyl (C=O) groups is 1. The van der Waals surface area contributed by atoms with Crippen molar-refractivity contribution in [3.63, 3.8) is 0 Å². The summed E-state index contributed by atoms with van der Waals surface area (Å²) in [5.41, 5.74) is 0.954. The average Bonchev–Trinajstić information content (AvgIpc) is 3.14. The third-order valence-corrected chi connectivity index (χ3v) is 7.03. The molecule has 1 atom stereocenters. The number of sulfone groups is 1. The van der Waals surface area contributed by atoms with Gasteiger partial charge in [0.2, 0.25) is 15.7 Å². The molecule has 0 spiro atoms. The van der Waals surface area contributed by atoms with Crippen molar-refractivity contribution in [2.24, 2.45) is 0 Å². The molecule has 1 aromatic carbocycles. The van der Waals surface area contributed by atoms with Gasteiger partial charge < -0.3 is 9.47 Å². The second-order valence-electron chi connectivity index (χ2n) is 8.61. The van der Waals surface area contributed by atoms with Crippen molar-refractivity contribution in [2.45, 2.75) is 63.6 Å². The molecule has 2 heterocycles. The Hall–Kier alpha value is -2.33. The molecule has 2 aromatic rings. The molecule has 1 unspecified atom stereocenters. The Morgan fingerprint density at radius 3 is 2.53 bits per heavy atom. The van der Waals surface area contributed by atoms with Crippen LogP contribution in [0.3, 0.4) is 0 Å². The number of aromatic nitrogens is 2. The molecule has 3 rings (SSSR count). The quantitative estimate of drug-likeness (QED) is 0.588. The highest BCUT2D eigenvalue weighted by atomic mass is 32.2. The number of hydrogen-bond acceptors (Lipinski definition) is 6. The number of benzene rings is 1. The molecule has 0 saturated heterocycles. The topological polar surface area (TPSA) is 87.5 Å².